The fraction of sp³-hybridized carbons (Fsp3) is 0.636. The third kappa shape index (κ3) is 4.23. The fourth-order valence-corrected chi connectivity index (χ4v) is 1.58. The highest BCUT2D eigenvalue weighted by molar-refractivity contribution is 5.49. The van der Waals surface area contributed by atoms with Crippen molar-refractivity contribution in [1.29, 1.82) is 0 Å². The number of halogens is 3. The molecule has 0 aliphatic rings. The normalized spacial score (nSPS) is 11.5. The first-order chi connectivity index (χ1) is 8.92. The maximum absolute atomic E-state index is 12.7. The molecule has 0 saturated heterocycles. The molecular weight excluding hydrogens is 261 g/mol. The number of anilines is 2. The first-order valence-electron chi connectivity index (χ1n) is 5.92. The Balaban J connectivity index is 3.17. The summed E-state index contributed by atoms with van der Waals surface area (Å²) in [6.45, 7) is 2.48. The summed E-state index contributed by atoms with van der Waals surface area (Å²) in [5.74, 6) is -0.938. The first-order valence-corrected chi connectivity index (χ1v) is 5.92. The van der Waals surface area contributed by atoms with E-state index in [9.17, 15) is 13.2 Å². The van der Waals surface area contributed by atoms with E-state index in [2.05, 4.69) is 15.3 Å². The Morgan fingerprint density at radius 3 is 2.47 bits per heavy atom. The van der Waals surface area contributed by atoms with Crippen molar-refractivity contribution >= 4 is 11.6 Å². The number of nitrogens with one attached hydrogen (secondary N) is 1. The highest BCUT2D eigenvalue weighted by Crippen LogP contribution is 2.29. The van der Waals surface area contributed by atoms with Gasteiger partial charge in [0.15, 0.2) is 0 Å². The summed E-state index contributed by atoms with van der Waals surface area (Å²) in [6, 6.07) is 1.43. The van der Waals surface area contributed by atoms with Crippen molar-refractivity contribution in [3.63, 3.8) is 0 Å². The van der Waals surface area contributed by atoms with E-state index in [4.69, 9.17) is 5.11 Å². The summed E-state index contributed by atoms with van der Waals surface area (Å²) in [5, 5.41) is 11.5. The lowest BCUT2D eigenvalue weighted by molar-refractivity contribution is -0.144. The van der Waals surface area contributed by atoms with Crippen LogP contribution >= 0.6 is 0 Å². The van der Waals surface area contributed by atoms with Gasteiger partial charge in [-0.2, -0.15) is 13.2 Å². The molecular formula is C11H17F3N4O. The van der Waals surface area contributed by atoms with E-state index in [-0.39, 0.29) is 24.8 Å². The van der Waals surface area contributed by atoms with Crippen LogP contribution in [0.2, 0.25) is 0 Å². The molecule has 8 heteroatoms. The van der Waals surface area contributed by atoms with E-state index < -0.39 is 12.0 Å². The second kappa shape index (κ2) is 6.55. The van der Waals surface area contributed by atoms with Crippen LogP contribution in [-0.4, -0.2) is 41.8 Å². The first kappa shape index (κ1) is 15.5. The van der Waals surface area contributed by atoms with Gasteiger partial charge in [0.1, 0.15) is 11.6 Å². The maximum atomic E-state index is 12.7. The zero-order chi connectivity index (χ0) is 14.5. The molecule has 1 rings (SSSR count). The minimum atomic E-state index is -4.60. The molecule has 0 atom stereocenters. The van der Waals surface area contributed by atoms with Crippen molar-refractivity contribution in [2.45, 2.75) is 19.5 Å². The zero-order valence-electron chi connectivity index (χ0n) is 10.8. The van der Waals surface area contributed by atoms with Gasteiger partial charge in [-0.05, 0) is 6.42 Å². The van der Waals surface area contributed by atoms with Crippen LogP contribution in [0.15, 0.2) is 6.07 Å². The van der Waals surface area contributed by atoms with Gasteiger partial charge in [0, 0.05) is 26.2 Å². The van der Waals surface area contributed by atoms with Gasteiger partial charge in [0.2, 0.25) is 5.82 Å². The van der Waals surface area contributed by atoms with E-state index in [1.54, 1.807) is 4.90 Å². The van der Waals surface area contributed by atoms with Crippen LogP contribution in [0.1, 0.15) is 19.2 Å². The van der Waals surface area contributed by atoms with E-state index in [0.717, 1.165) is 6.42 Å². The molecule has 0 saturated carbocycles. The Labute approximate surface area is 109 Å². The van der Waals surface area contributed by atoms with Crippen molar-refractivity contribution in [1.82, 2.24) is 9.97 Å². The molecule has 0 aliphatic heterocycles. The predicted octanol–water partition coefficient (Wildman–Crippen LogP) is 1.75. The lowest BCUT2D eigenvalue weighted by Gasteiger charge is -2.23. The Bertz CT molecular complexity index is 405. The lowest BCUT2D eigenvalue weighted by Crippen LogP contribution is -2.29. The molecule has 5 nitrogen and oxygen atoms in total. The van der Waals surface area contributed by atoms with Crippen molar-refractivity contribution < 1.29 is 18.3 Å². The summed E-state index contributed by atoms with van der Waals surface area (Å²) in [6.07, 6.45) is -3.86. The number of hydrogen-bond acceptors (Lipinski definition) is 5. The van der Waals surface area contributed by atoms with Crippen molar-refractivity contribution in [3.05, 3.63) is 11.9 Å². The zero-order valence-corrected chi connectivity index (χ0v) is 10.8. The standard InChI is InChI=1S/C11H17F3N4O/c1-3-4-18(5-6-19)9-7-8(15-2)16-10(17-9)11(12,13)14/h7,19H,3-6H2,1-2H3,(H,15,16,17). The minimum absolute atomic E-state index is 0.0939. The molecule has 0 fully saturated rings. The SMILES string of the molecule is CCCN(CCO)c1cc(NC)nc(C(F)(F)F)n1. The van der Waals surface area contributed by atoms with Crippen molar-refractivity contribution in [3.8, 4) is 0 Å². The average molecular weight is 278 g/mol. The van der Waals surface area contributed by atoms with Gasteiger partial charge in [-0.15, -0.1) is 0 Å². The van der Waals surface area contributed by atoms with Crippen LogP contribution in [0, 0.1) is 0 Å². The number of aromatic nitrogens is 2. The topological polar surface area (TPSA) is 61.3 Å². The molecule has 1 aromatic rings. The van der Waals surface area contributed by atoms with E-state index >= 15 is 0 Å². The molecule has 0 spiro atoms. The number of nitrogens with zero attached hydrogens (tertiary/aromatic N) is 3. The number of aliphatic hydroxyl groups is 1. The van der Waals surface area contributed by atoms with Gasteiger partial charge in [-0.25, -0.2) is 9.97 Å². The average Bonchev–Trinajstić information content (AvgIpc) is 2.37. The molecule has 0 aromatic carbocycles. The Kier molecular flexibility index (Phi) is 5.34. The molecule has 19 heavy (non-hydrogen) atoms. The second-order valence-electron chi connectivity index (χ2n) is 3.89. The van der Waals surface area contributed by atoms with E-state index in [0.29, 0.717) is 6.54 Å². The molecule has 1 aromatic heterocycles. The van der Waals surface area contributed by atoms with Crippen LogP contribution < -0.4 is 10.2 Å². The summed E-state index contributed by atoms with van der Waals surface area (Å²) < 4.78 is 38.1. The molecule has 0 bridgehead atoms. The van der Waals surface area contributed by atoms with E-state index in [1.807, 2.05) is 6.92 Å². The molecule has 0 amide bonds. The molecule has 108 valence electrons. The Morgan fingerprint density at radius 1 is 1.32 bits per heavy atom. The second-order valence-corrected chi connectivity index (χ2v) is 3.89. The van der Waals surface area contributed by atoms with Crippen molar-refractivity contribution in [2.24, 2.45) is 0 Å². The van der Waals surface area contributed by atoms with E-state index in [1.165, 1.54) is 13.1 Å². The molecule has 1 heterocycles. The minimum Gasteiger partial charge on any atom is -0.395 e. The summed E-state index contributed by atoms with van der Waals surface area (Å²) in [5.41, 5.74) is 0. The number of hydrogen-bond donors (Lipinski definition) is 2. The monoisotopic (exact) mass is 278 g/mol. The quantitative estimate of drug-likeness (QED) is 0.830. The Morgan fingerprint density at radius 2 is 2.00 bits per heavy atom. The maximum Gasteiger partial charge on any atom is 0.451 e. The molecule has 0 aliphatic carbocycles. The van der Waals surface area contributed by atoms with Crippen LogP contribution in [0.4, 0.5) is 24.8 Å². The number of aliphatic hydroxyl groups excluding tert-OH is 1. The van der Waals surface area contributed by atoms with Crippen LogP contribution in [-0.2, 0) is 6.18 Å². The smallest absolute Gasteiger partial charge is 0.395 e. The van der Waals surface area contributed by atoms with Crippen LogP contribution in [0.3, 0.4) is 0 Å². The number of rotatable bonds is 6. The summed E-state index contributed by atoms with van der Waals surface area (Å²) in [7, 11) is 1.49. The largest absolute Gasteiger partial charge is 0.451 e. The van der Waals surface area contributed by atoms with Crippen LogP contribution in [0.5, 0.6) is 0 Å². The third-order valence-corrected chi connectivity index (χ3v) is 2.41. The highest BCUT2D eigenvalue weighted by Gasteiger charge is 2.35. The van der Waals surface area contributed by atoms with Gasteiger partial charge in [-0.3, -0.25) is 0 Å². The lowest BCUT2D eigenvalue weighted by atomic mass is 10.3. The van der Waals surface area contributed by atoms with Gasteiger partial charge in [0.05, 0.1) is 6.61 Å². The van der Waals surface area contributed by atoms with Crippen LogP contribution in [0.25, 0.3) is 0 Å². The van der Waals surface area contributed by atoms with Gasteiger partial charge >= 0.3 is 6.18 Å². The predicted molar refractivity (Wildman–Crippen MR) is 66.2 cm³/mol. The van der Waals surface area contributed by atoms with Gasteiger partial charge < -0.3 is 15.3 Å². The highest BCUT2D eigenvalue weighted by atomic mass is 19.4. The number of alkyl halides is 3. The van der Waals surface area contributed by atoms with Crippen molar-refractivity contribution in [2.75, 3.05) is 37.0 Å². The summed E-state index contributed by atoms with van der Waals surface area (Å²) >= 11 is 0. The third-order valence-electron chi connectivity index (χ3n) is 2.41. The molecule has 0 radical (unpaired) electrons. The van der Waals surface area contributed by atoms with Gasteiger partial charge in [0.25, 0.3) is 0 Å². The van der Waals surface area contributed by atoms with Gasteiger partial charge in [-0.1, -0.05) is 6.92 Å². The molecule has 2 N–H and O–H groups in total. The summed E-state index contributed by atoms with van der Waals surface area (Å²) in [4.78, 5) is 8.51. The Hall–Kier alpha value is -1.57. The molecule has 0 unspecified atom stereocenters. The fourth-order valence-electron chi connectivity index (χ4n) is 1.58.